The van der Waals surface area contributed by atoms with Crippen LogP contribution in [0.25, 0.3) is 0 Å². The molecule has 0 amide bonds. The predicted molar refractivity (Wildman–Crippen MR) is 79.7 cm³/mol. The molecule has 1 aromatic carbocycles. The minimum absolute atomic E-state index is 0.0757. The number of hydrogen-bond acceptors (Lipinski definition) is 2. The second-order valence-corrected chi connectivity index (χ2v) is 5.53. The number of carbonyl (C=O) groups is 1. The van der Waals surface area contributed by atoms with E-state index >= 15 is 0 Å². The van der Waals surface area contributed by atoms with Crippen molar-refractivity contribution in [2.75, 3.05) is 6.61 Å². The monoisotopic (exact) mass is 262 g/mol. The van der Waals surface area contributed by atoms with E-state index in [1.165, 1.54) is 5.56 Å². The van der Waals surface area contributed by atoms with Gasteiger partial charge in [-0.3, -0.25) is 4.79 Å². The molecule has 2 unspecified atom stereocenters. The summed E-state index contributed by atoms with van der Waals surface area (Å²) in [5.74, 6) is 0.590. The molecular formula is C17H26O2. The Morgan fingerprint density at radius 2 is 1.89 bits per heavy atom. The first-order chi connectivity index (χ1) is 8.95. The van der Waals surface area contributed by atoms with Crippen molar-refractivity contribution in [3.8, 4) is 0 Å². The van der Waals surface area contributed by atoms with Gasteiger partial charge in [0.1, 0.15) is 6.10 Å². The Balaban J connectivity index is 2.59. The molecule has 0 aromatic heterocycles. The van der Waals surface area contributed by atoms with Crippen LogP contribution in [0.1, 0.15) is 55.1 Å². The zero-order valence-corrected chi connectivity index (χ0v) is 12.8. The summed E-state index contributed by atoms with van der Waals surface area (Å²) < 4.78 is 5.69. The number of Topliss-reactive ketones (excluding diaryl/α,β-unsaturated/α-hetero) is 1. The summed E-state index contributed by atoms with van der Waals surface area (Å²) in [6.45, 7) is 10.9. The molecule has 0 bridgehead atoms. The number of carbonyl (C=O) groups excluding carboxylic acids is 1. The fraction of sp³-hybridized carbons (Fsp3) is 0.588. The van der Waals surface area contributed by atoms with Crippen LogP contribution in [0.2, 0.25) is 0 Å². The molecule has 0 saturated carbocycles. The van der Waals surface area contributed by atoms with Crippen LogP contribution >= 0.6 is 0 Å². The maximum Gasteiger partial charge on any atom is 0.191 e. The summed E-state index contributed by atoms with van der Waals surface area (Å²) in [4.78, 5) is 12.3. The number of aryl methyl sites for hydroxylation is 2. The first-order valence-electron chi connectivity index (χ1n) is 7.18. The van der Waals surface area contributed by atoms with Gasteiger partial charge in [0.05, 0.1) is 6.61 Å². The zero-order chi connectivity index (χ0) is 14.4. The van der Waals surface area contributed by atoms with E-state index in [1.54, 1.807) is 0 Å². The van der Waals surface area contributed by atoms with Gasteiger partial charge in [-0.2, -0.15) is 0 Å². The Labute approximate surface area is 117 Å². The largest absolute Gasteiger partial charge is 0.370 e. The molecule has 106 valence electrons. The predicted octanol–water partition coefficient (Wildman–Crippen LogP) is 4.33. The lowest BCUT2D eigenvalue weighted by Crippen LogP contribution is -2.23. The van der Waals surface area contributed by atoms with E-state index in [-0.39, 0.29) is 11.9 Å². The van der Waals surface area contributed by atoms with E-state index in [1.807, 2.05) is 32.0 Å². The van der Waals surface area contributed by atoms with Crippen molar-refractivity contribution in [1.29, 1.82) is 0 Å². The minimum atomic E-state index is -0.360. The Hall–Kier alpha value is -1.15. The fourth-order valence-electron chi connectivity index (χ4n) is 2.09. The van der Waals surface area contributed by atoms with Gasteiger partial charge in [0, 0.05) is 5.56 Å². The summed E-state index contributed by atoms with van der Waals surface area (Å²) >= 11 is 0. The second kappa shape index (κ2) is 7.44. The topological polar surface area (TPSA) is 26.3 Å². The lowest BCUT2D eigenvalue weighted by atomic mass is 10.0. The van der Waals surface area contributed by atoms with Crippen molar-refractivity contribution in [1.82, 2.24) is 0 Å². The van der Waals surface area contributed by atoms with Gasteiger partial charge in [-0.05, 0) is 50.3 Å². The molecule has 0 spiro atoms. The van der Waals surface area contributed by atoms with Crippen molar-refractivity contribution < 1.29 is 9.53 Å². The van der Waals surface area contributed by atoms with Gasteiger partial charge in [-0.1, -0.05) is 32.4 Å². The normalized spacial score (nSPS) is 14.2. The van der Waals surface area contributed by atoms with Gasteiger partial charge in [0.15, 0.2) is 5.78 Å². The Morgan fingerprint density at radius 3 is 2.47 bits per heavy atom. The van der Waals surface area contributed by atoms with E-state index in [2.05, 4.69) is 20.8 Å². The van der Waals surface area contributed by atoms with E-state index in [4.69, 9.17) is 4.74 Å². The fourth-order valence-corrected chi connectivity index (χ4v) is 2.09. The molecule has 0 aliphatic rings. The lowest BCUT2D eigenvalue weighted by Gasteiger charge is -2.16. The number of rotatable bonds is 7. The molecule has 2 atom stereocenters. The van der Waals surface area contributed by atoms with Crippen molar-refractivity contribution in [3.05, 3.63) is 34.9 Å². The van der Waals surface area contributed by atoms with Gasteiger partial charge in [0.2, 0.25) is 0 Å². The highest BCUT2D eigenvalue weighted by Crippen LogP contribution is 2.14. The molecule has 0 heterocycles. The molecule has 0 radical (unpaired) electrons. The molecule has 0 aliphatic heterocycles. The molecule has 19 heavy (non-hydrogen) atoms. The number of benzene rings is 1. The van der Waals surface area contributed by atoms with Gasteiger partial charge in [-0.15, -0.1) is 0 Å². The highest BCUT2D eigenvalue weighted by atomic mass is 16.5. The zero-order valence-electron chi connectivity index (χ0n) is 12.8. The van der Waals surface area contributed by atoms with Crippen LogP contribution in [-0.2, 0) is 4.74 Å². The van der Waals surface area contributed by atoms with Gasteiger partial charge >= 0.3 is 0 Å². The standard InChI is InChI=1S/C17H26O2/c1-6-7-12(2)11-19-15(5)17(18)16-9-8-13(3)14(4)10-16/h8-10,12,15H,6-7,11H2,1-5H3. The van der Waals surface area contributed by atoms with Crippen LogP contribution in [0, 0.1) is 19.8 Å². The molecule has 2 nitrogen and oxygen atoms in total. The third-order valence-corrected chi connectivity index (χ3v) is 3.57. The lowest BCUT2D eigenvalue weighted by molar-refractivity contribution is 0.0354. The van der Waals surface area contributed by atoms with Gasteiger partial charge in [-0.25, -0.2) is 0 Å². The van der Waals surface area contributed by atoms with Crippen LogP contribution in [0.3, 0.4) is 0 Å². The minimum Gasteiger partial charge on any atom is -0.370 e. The summed E-state index contributed by atoms with van der Waals surface area (Å²) in [7, 11) is 0. The van der Waals surface area contributed by atoms with Gasteiger partial charge in [0.25, 0.3) is 0 Å². The van der Waals surface area contributed by atoms with E-state index in [0.29, 0.717) is 12.5 Å². The van der Waals surface area contributed by atoms with Crippen molar-refractivity contribution in [2.45, 2.75) is 53.6 Å². The third-order valence-electron chi connectivity index (χ3n) is 3.57. The third kappa shape index (κ3) is 4.79. The van der Waals surface area contributed by atoms with Crippen LogP contribution in [-0.4, -0.2) is 18.5 Å². The maximum absolute atomic E-state index is 12.3. The summed E-state index contributed by atoms with van der Waals surface area (Å²) in [5, 5.41) is 0. The van der Waals surface area contributed by atoms with Crippen LogP contribution in [0.4, 0.5) is 0 Å². The average Bonchev–Trinajstić information content (AvgIpc) is 2.38. The van der Waals surface area contributed by atoms with Crippen molar-refractivity contribution >= 4 is 5.78 Å². The van der Waals surface area contributed by atoms with E-state index < -0.39 is 0 Å². The SMILES string of the molecule is CCCC(C)COC(C)C(=O)c1ccc(C)c(C)c1. The van der Waals surface area contributed by atoms with Crippen LogP contribution in [0.15, 0.2) is 18.2 Å². The number of ketones is 1. The Bertz CT molecular complexity index is 423. The van der Waals surface area contributed by atoms with Crippen molar-refractivity contribution in [3.63, 3.8) is 0 Å². The average molecular weight is 262 g/mol. The molecule has 1 aromatic rings. The first kappa shape index (κ1) is 15.9. The number of ether oxygens (including phenoxy) is 1. The smallest absolute Gasteiger partial charge is 0.191 e. The Morgan fingerprint density at radius 1 is 1.21 bits per heavy atom. The highest BCUT2D eigenvalue weighted by molar-refractivity contribution is 5.99. The first-order valence-corrected chi connectivity index (χ1v) is 7.18. The van der Waals surface area contributed by atoms with Crippen LogP contribution in [0.5, 0.6) is 0 Å². The summed E-state index contributed by atoms with van der Waals surface area (Å²) in [6, 6.07) is 5.84. The molecule has 0 fully saturated rings. The number of hydrogen-bond donors (Lipinski definition) is 0. The quantitative estimate of drug-likeness (QED) is 0.684. The second-order valence-electron chi connectivity index (χ2n) is 5.53. The van der Waals surface area contributed by atoms with Gasteiger partial charge < -0.3 is 4.74 Å². The summed E-state index contributed by atoms with van der Waals surface area (Å²) in [6.07, 6.45) is 1.94. The molecule has 1 rings (SSSR count). The van der Waals surface area contributed by atoms with Crippen LogP contribution < -0.4 is 0 Å². The molecule has 0 N–H and O–H groups in total. The van der Waals surface area contributed by atoms with Crippen molar-refractivity contribution in [2.24, 2.45) is 5.92 Å². The maximum atomic E-state index is 12.3. The van der Waals surface area contributed by atoms with E-state index in [9.17, 15) is 4.79 Å². The van der Waals surface area contributed by atoms with E-state index in [0.717, 1.165) is 24.0 Å². The summed E-state index contributed by atoms with van der Waals surface area (Å²) in [5.41, 5.74) is 3.11. The molecule has 2 heteroatoms. The Kier molecular flexibility index (Phi) is 6.23. The molecular weight excluding hydrogens is 236 g/mol. The highest BCUT2D eigenvalue weighted by Gasteiger charge is 2.17. The molecule has 0 aliphatic carbocycles. The molecule has 0 saturated heterocycles.